The molecule has 0 bridgehead atoms. The van der Waals surface area contributed by atoms with Gasteiger partial charge in [0.25, 0.3) is 6.43 Å². The van der Waals surface area contributed by atoms with Gasteiger partial charge in [-0.3, -0.25) is 4.68 Å². The third-order valence-electron chi connectivity index (χ3n) is 2.28. The number of rotatable bonds is 5. The number of carboxylic acid groups (broad SMARTS) is 1. The number of carboxylic acids is 1. The lowest BCUT2D eigenvalue weighted by molar-refractivity contribution is 0.0675. The summed E-state index contributed by atoms with van der Waals surface area (Å²) in [7, 11) is 0. The lowest BCUT2D eigenvalue weighted by Gasteiger charge is -2.06. The van der Waals surface area contributed by atoms with Crippen LogP contribution in [0.15, 0.2) is 18.5 Å². The third kappa shape index (κ3) is 2.34. The fourth-order valence-electron chi connectivity index (χ4n) is 1.48. The van der Waals surface area contributed by atoms with Crippen molar-refractivity contribution in [1.29, 1.82) is 0 Å². The first-order valence-corrected chi connectivity index (χ1v) is 5.02. The summed E-state index contributed by atoms with van der Waals surface area (Å²) in [6.07, 6.45) is 0.276. The second-order valence-corrected chi connectivity index (χ2v) is 3.42. The molecule has 0 aliphatic carbocycles. The molecule has 0 aromatic carbocycles. The predicted octanol–water partition coefficient (Wildman–Crippen LogP) is 0.811. The molecule has 2 aromatic rings. The van der Waals surface area contributed by atoms with Crippen LogP contribution in [0.3, 0.4) is 0 Å². The van der Waals surface area contributed by atoms with Crippen LogP contribution >= 0.6 is 0 Å². The van der Waals surface area contributed by atoms with Crippen molar-refractivity contribution in [3.8, 4) is 0 Å². The largest absolute Gasteiger partial charge is 0.476 e. The number of alkyl halides is 2. The van der Waals surface area contributed by atoms with Crippen molar-refractivity contribution in [1.82, 2.24) is 24.8 Å². The molecule has 1 N–H and O–H groups in total. The van der Waals surface area contributed by atoms with Crippen molar-refractivity contribution in [3.05, 3.63) is 29.8 Å². The molecule has 0 aliphatic heterocycles. The highest BCUT2D eigenvalue weighted by Crippen LogP contribution is 2.21. The molecule has 0 spiro atoms. The van der Waals surface area contributed by atoms with Gasteiger partial charge in [0.15, 0.2) is 5.69 Å². The second kappa shape index (κ2) is 4.90. The van der Waals surface area contributed by atoms with Crippen LogP contribution in [0.1, 0.15) is 22.6 Å². The molecular weight excluding hydrogens is 248 g/mol. The van der Waals surface area contributed by atoms with Crippen LogP contribution in [-0.4, -0.2) is 35.9 Å². The van der Waals surface area contributed by atoms with Crippen LogP contribution in [0, 0.1) is 0 Å². The fourth-order valence-corrected chi connectivity index (χ4v) is 1.48. The molecule has 9 heteroatoms. The van der Waals surface area contributed by atoms with Crippen molar-refractivity contribution < 1.29 is 18.7 Å². The van der Waals surface area contributed by atoms with Gasteiger partial charge in [0.1, 0.15) is 5.69 Å². The Kier molecular flexibility index (Phi) is 3.31. The van der Waals surface area contributed by atoms with Crippen LogP contribution in [0.25, 0.3) is 0 Å². The summed E-state index contributed by atoms with van der Waals surface area (Å²) in [6.45, 7) is 0.372. The van der Waals surface area contributed by atoms with E-state index in [0.717, 1.165) is 4.68 Å². The first-order chi connectivity index (χ1) is 8.59. The van der Waals surface area contributed by atoms with Gasteiger partial charge in [0, 0.05) is 12.4 Å². The molecule has 0 amide bonds. The predicted molar refractivity (Wildman–Crippen MR) is 54.2 cm³/mol. The SMILES string of the molecule is O=C(O)c1nnn(CCn2cccn2)c1C(F)F. The molecule has 0 saturated heterocycles. The Morgan fingerprint density at radius 2 is 2.22 bits per heavy atom. The van der Waals surface area contributed by atoms with Crippen molar-refractivity contribution >= 4 is 5.97 Å². The molecule has 7 nitrogen and oxygen atoms in total. The number of aromatic nitrogens is 5. The van der Waals surface area contributed by atoms with E-state index in [1.807, 2.05) is 0 Å². The molecule has 0 aliphatic rings. The monoisotopic (exact) mass is 257 g/mol. The first kappa shape index (κ1) is 12.1. The van der Waals surface area contributed by atoms with E-state index in [4.69, 9.17) is 5.11 Å². The number of hydrogen-bond acceptors (Lipinski definition) is 4. The molecule has 2 rings (SSSR count). The van der Waals surface area contributed by atoms with E-state index >= 15 is 0 Å². The van der Waals surface area contributed by atoms with E-state index in [-0.39, 0.29) is 6.54 Å². The zero-order valence-electron chi connectivity index (χ0n) is 9.07. The van der Waals surface area contributed by atoms with Crippen LogP contribution in [0.4, 0.5) is 8.78 Å². The summed E-state index contributed by atoms with van der Waals surface area (Å²) >= 11 is 0. The minimum atomic E-state index is -2.94. The Labute approximate surface area is 99.6 Å². The van der Waals surface area contributed by atoms with Gasteiger partial charge in [0.2, 0.25) is 0 Å². The Bertz CT molecular complexity index is 537. The number of halogens is 2. The van der Waals surface area contributed by atoms with E-state index in [9.17, 15) is 13.6 Å². The zero-order chi connectivity index (χ0) is 13.1. The van der Waals surface area contributed by atoms with Gasteiger partial charge in [-0.05, 0) is 6.07 Å². The third-order valence-corrected chi connectivity index (χ3v) is 2.28. The van der Waals surface area contributed by atoms with Gasteiger partial charge in [-0.25, -0.2) is 18.3 Å². The van der Waals surface area contributed by atoms with Crippen molar-refractivity contribution in [2.24, 2.45) is 0 Å². The highest BCUT2D eigenvalue weighted by Gasteiger charge is 2.26. The van der Waals surface area contributed by atoms with Gasteiger partial charge in [-0.1, -0.05) is 5.21 Å². The fraction of sp³-hybridized carbons (Fsp3) is 0.333. The van der Waals surface area contributed by atoms with E-state index in [1.165, 1.54) is 4.68 Å². The molecule has 0 fully saturated rings. The molecule has 96 valence electrons. The number of aryl methyl sites for hydroxylation is 2. The van der Waals surface area contributed by atoms with Crippen LogP contribution < -0.4 is 0 Å². The molecule has 18 heavy (non-hydrogen) atoms. The average molecular weight is 257 g/mol. The number of nitrogens with zero attached hydrogens (tertiary/aromatic N) is 5. The lowest BCUT2D eigenvalue weighted by atomic mass is 10.3. The van der Waals surface area contributed by atoms with Crippen molar-refractivity contribution in [2.45, 2.75) is 19.5 Å². The van der Waals surface area contributed by atoms with Crippen molar-refractivity contribution in [2.75, 3.05) is 0 Å². The Morgan fingerprint density at radius 3 is 2.78 bits per heavy atom. The number of aromatic carboxylic acids is 1. The normalized spacial score (nSPS) is 11.1. The Hall–Kier alpha value is -2.32. The summed E-state index contributed by atoms with van der Waals surface area (Å²) in [5, 5.41) is 19.3. The summed E-state index contributed by atoms with van der Waals surface area (Å²) in [4.78, 5) is 10.7. The van der Waals surface area contributed by atoms with Crippen molar-refractivity contribution in [3.63, 3.8) is 0 Å². The molecule has 0 unspecified atom stereocenters. The Balaban J connectivity index is 2.20. The Morgan fingerprint density at radius 1 is 1.44 bits per heavy atom. The quantitative estimate of drug-likeness (QED) is 0.856. The topological polar surface area (TPSA) is 85.8 Å². The maximum absolute atomic E-state index is 12.8. The molecule has 0 atom stereocenters. The molecule has 0 saturated carbocycles. The van der Waals surface area contributed by atoms with Gasteiger partial charge < -0.3 is 5.11 Å². The summed E-state index contributed by atoms with van der Waals surface area (Å²) in [5.41, 5.74) is -1.40. The minimum absolute atomic E-state index is 0.0711. The van der Waals surface area contributed by atoms with Gasteiger partial charge in [0.05, 0.1) is 13.1 Å². The summed E-state index contributed by atoms with van der Waals surface area (Å²) < 4.78 is 27.9. The lowest BCUT2D eigenvalue weighted by Crippen LogP contribution is -2.13. The van der Waals surface area contributed by atoms with E-state index in [1.54, 1.807) is 18.5 Å². The van der Waals surface area contributed by atoms with E-state index in [0.29, 0.717) is 6.54 Å². The smallest absolute Gasteiger partial charge is 0.358 e. The number of hydrogen-bond donors (Lipinski definition) is 1. The minimum Gasteiger partial charge on any atom is -0.476 e. The van der Waals surface area contributed by atoms with Gasteiger partial charge in [-0.15, -0.1) is 5.10 Å². The second-order valence-electron chi connectivity index (χ2n) is 3.42. The molecule has 2 aromatic heterocycles. The van der Waals surface area contributed by atoms with Crippen LogP contribution in [0.5, 0.6) is 0 Å². The summed E-state index contributed by atoms with van der Waals surface area (Å²) in [5.74, 6) is -1.52. The van der Waals surface area contributed by atoms with E-state index in [2.05, 4.69) is 15.4 Å². The maximum atomic E-state index is 12.8. The van der Waals surface area contributed by atoms with Gasteiger partial charge >= 0.3 is 5.97 Å². The van der Waals surface area contributed by atoms with Gasteiger partial charge in [-0.2, -0.15) is 5.10 Å². The summed E-state index contributed by atoms with van der Waals surface area (Å²) in [6, 6.07) is 1.69. The van der Waals surface area contributed by atoms with E-state index < -0.39 is 23.8 Å². The molecular formula is C9H9F2N5O2. The first-order valence-electron chi connectivity index (χ1n) is 5.02. The molecule has 2 heterocycles. The average Bonchev–Trinajstić information content (AvgIpc) is 2.95. The van der Waals surface area contributed by atoms with Crippen LogP contribution in [-0.2, 0) is 13.1 Å². The maximum Gasteiger partial charge on any atom is 0.358 e. The number of carbonyl (C=O) groups is 1. The highest BCUT2D eigenvalue weighted by atomic mass is 19.3. The molecule has 0 radical (unpaired) electrons. The standard InChI is InChI=1S/C9H9F2N5O2/c10-8(11)7-6(9(17)18)13-14-16(7)5-4-15-3-1-2-12-15/h1-3,8H,4-5H2,(H,17,18). The van der Waals surface area contributed by atoms with Crippen LogP contribution in [0.2, 0.25) is 0 Å². The highest BCUT2D eigenvalue weighted by molar-refractivity contribution is 5.86. The zero-order valence-corrected chi connectivity index (χ0v) is 9.07.